The molecule has 1 aliphatic carbocycles. The minimum Gasteiger partial charge on any atom is -0.488 e. The summed E-state index contributed by atoms with van der Waals surface area (Å²) < 4.78 is 6.92. The molecule has 2 heterocycles. The van der Waals surface area contributed by atoms with Crippen LogP contribution in [0, 0.1) is 0 Å². The Morgan fingerprint density at radius 3 is 2.89 bits per heavy atom. The number of thiophene rings is 1. The molecule has 2 N–H and O–H groups in total. The Morgan fingerprint density at radius 1 is 1.39 bits per heavy atom. The zero-order valence-corrected chi connectivity index (χ0v) is 10.7. The Labute approximate surface area is 109 Å². The van der Waals surface area contributed by atoms with E-state index in [4.69, 9.17) is 10.5 Å². The molecule has 94 valence electrons. The summed E-state index contributed by atoms with van der Waals surface area (Å²) in [5.74, 6) is 0.367. The number of pyridine rings is 1. The van der Waals surface area contributed by atoms with Gasteiger partial charge in [0, 0.05) is 11.6 Å². The fourth-order valence-electron chi connectivity index (χ4n) is 2.34. The van der Waals surface area contributed by atoms with Gasteiger partial charge < -0.3 is 10.5 Å². The quantitative estimate of drug-likeness (QED) is 0.924. The fraction of sp³-hybridized carbons (Fsp3) is 0.385. The predicted octanol–water partition coefficient (Wildman–Crippen LogP) is 2.72. The highest BCUT2D eigenvalue weighted by Gasteiger charge is 2.18. The van der Waals surface area contributed by atoms with Gasteiger partial charge in [-0.2, -0.15) is 0 Å². The summed E-state index contributed by atoms with van der Waals surface area (Å²) in [5, 5.41) is 0.940. The number of carbonyl (C=O) groups is 1. The van der Waals surface area contributed by atoms with E-state index in [9.17, 15) is 4.79 Å². The topological polar surface area (TPSA) is 65.2 Å². The molecule has 5 heteroatoms. The number of fused-ring (bicyclic) bond motifs is 1. The summed E-state index contributed by atoms with van der Waals surface area (Å²) in [6.07, 6.45) is 8.40. The first-order chi connectivity index (χ1) is 8.74. The van der Waals surface area contributed by atoms with Gasteiger partial charge in [-0.3, -0.25) is 9.78 Å². The summed E-state index contributed by atoms with van der Waals surface area (Å²) >= 11 is 1.36. The summed E-state index contributed by atoms with van der Waals surface area (Å²) in [7, 11) is 0. The van der Waals surface area contributed by atoms with Crippen molar-refractivity contribution >= 4 is 27.3 Å². The van der Waals surface area contributed by atoms with Gasteiger partial charge in [-0.25, -0.2) is 0 Å². The molecule has 0 saturated heterocycles. The summed E-state index contributed by atoms with van der Waals surface area (Å²) in [4.78, 5) is 15.9. The van der Waals surface area contributed by atoms with E-state index in [0.29, 0.717) is 4.88 Å². The third-order valence-electron chi connectivity index (χ3n) is 3.25. The Kier molecular flexibility index (Phi) is 2.91. The van der Waals surface area contributed by atoms with Crippen LogP contribution in [0.3, 0.4) is 0 Å². The average Bonchev–Trinajstić information content (AvgIpc) is 2.97. The third-order valence-corrected chi connectivity index (χ3v) is 4.33. The number of hydrogen-bond acceptors (Lipinski definition) is 4. The first-order valence-electron chi connectivity index (χ1n) is 6.08. The van der Waals surface area contributed by atoms with Crippen LogP contribution in [0.15, 0.2) is 18.5 Å². The molecule has 4 nitrogen and oxygen atoms in total. The lowest BCUT2D eigenvalue weighted by molar-refractivity contribution is 0.100. The van der Waals surface area contributed by atoms with Crippen LogP contribution in [0.4, 0.5) is 0 Å². The van der Waals surface area contributed by atoms with Crippen molar-refractivity contribution in [3.63, 3.8) is 0 Å². The number of ether oxygens (including phenoxy) is 1. The van der Waals surface area contributed by atoms with Crippen LogP contribution in [0.5, 0.6) is 5.75 Å². The van der Waals surface area contributed by atoms with E-state index in [1.165, 1.54) is 24.2 Å². The lowest BCUT2D eigenvalue weighted by atomic mass is 10.2. The van der Waals surface area contributed by atoms with Crippen LogP contribution < -0.4 is 10.5 Å². The monoisotopic (exact) mass is 262 g/mol. The molecular formula is C13H14N2O2S. The fourth-order valence-corrected chi connectivity index (χ4v) is 3.23. The van der Waals surface area contributed by atoms with E-state index in [-0.39, 0.29) is 6.10 Å². The zero-order chi connectivity index (χ0) is 12.5. The summed E-state index contributed by atoms with van der Waals surface area (Å²) in [6, 6.07) is 1.80. The molecule has 0 radical (unpaired) electrons. The molecule has 0 aromatic carbocycles. The molecule has 2 aromatic heterocycles. The van der Waals surface area contributed by atoms with Crippen LogP contribution in [-0.2, 0) is 0 Å². The maximum absolute atomic E-state index is 11.2. The van der Waals surface area contributed by atoms with Gasteiger partial charge in [0.25, 0.3) is 5.91 Å². The van der Waals surface area contributed by atoms with Crippen LogP contribution in [0.2, 0.25) is 0 Å². The van der Waals surface area contributed by atoms with Crippen molar-refractivity contribution in [3.05, 3.63) is 23.3 Å². The lowest BCUT2D eigenvalue weighted by Gasteiger charge is -2.13. The first-order valence-corrected chi connectivity index (χ1v) is 6.89. The second kappa shape index (κ2) is 4.57. The number of hydrogen-bond donors (Lipinski definition) is 1. The molecule has 0 unspecified atom stereocenters. The second-order valence-corrected chi connectivity index (χ2v) is 5.63. The van der Waals surface area contributed by atoms with E-state index in [0.717, 1.165) is 28.7 Å². The number of nitrogens with two attached hydrogens (primary N) is 1. The molecule has 0 atom stereocenters. The van der Waals surface area contributed by atoms with E-state index < -0.39 is 5.91 Å². The standard InChI is InChI=1S/C13H14N2O2S/c14-13(16)11-5-9-10(6-15-7-12(9)18-11)17-8-3-1-2-4-8/h5-8H,1-4H2,(H2,14,16). The largest absolute Gasteiger partial charge is 0.488 e. The molecule has 0 aliphatic heterocycles. The van der Waals surface area contributed by atoms with Crippen LogP contribution in [0.1, 0.15) is 35.4 Å². The Hall–Kier alpha value is -1.62. The molecule has 1 amide bonds. The van der Waals surface area contributed by atoms with Crippen LogP contribution in [0.25, 0.3) is 10.1 Å². The number of nitrogens with zero attached hydrogens (tertiary/aromatic N) is 1. The first kappa shape index (κ1) is 11.5. The molecule has 1 saturated carbocycles. The van der Waals surface area contributed by atoms with E-state index in [1.54, 1.807) is 18.5 Å². The number of amides is 1. The Morgan fingerprint density at radius 2 is 2.17 bits per heavy atom. The highest BCUT2D eigenvalue weighted by Crippen LogP contribution is 2.34. The number of aromatic nitrogens is 1. The van der Waals surface area contributed by atoms with E-state index in [1.807, 2.05) is 0 Å². The van der Waals surface area contributed by atoms with Gasteiger partial charge in [0.05, 0.1) is 21.9 Å². The maximum Gasteiger partial charge on any atom is 0.258 e. The molecule has 2 aromatic rings. The van der Waals surface area contributed by atoms with Gasteiger partial charge in [-0.15, -0.1) is 11.3 Å². The normalized spacial score (nSPS) is 16.2. The van der Waals surface area contributed by atoms with Crippen molar-refractivity contribution in [2.75, 3.05) is 0 Å². The van der Waals surface area contributed by atoms with Gasteiger partial charge in [-0.1, -0.05) is 0 Å². The lowest BCUT2D eigenvalue weighted by Crippen LogP contribution is -2.11. The van der Waals surface area contributed by atoms with Gasteiger partial charge >= 0.3 is 0 Å². The summed E-state index contributed by atoms with van der Waals surface area (Å²) in [5.41, 5.74) is 5.30. The minimum absolute atomic E-state index is 0.286. The highest BCUT2D eigenvalue weighted by atomic mass is 32.1. The van der Waals surface area contributed by atoms with Crippen molar-refractivity contribution in [2.45, 2.75) is 31.8 Å². The Balaban J connectivity index is 1.97. The minimum atomic E-state index is -0.400. The molecule has 18 heavy (non-hydrogen) atoms. The van der Waals surface area contributed by atoms with Crippen LogP contribution >= 0.6 is 11.3 Å². The average molecular weight is 262 g/mol. The highest BCUT2D eigenvalue weighted by molar-refractivity contribution is 7.20. The molecule has 0 bridgehead atoms. The molecular weight excluding hydrogens is 248 g/mol. The van der Waals surface area contributed by atoms with Gasteiger partial charge in [-0.05, 0) is 31.7 Å². The van der Waals surface area contributed by atoms with Crippen molar-refractivity contribution in [1.29, 1.82) is 0 Å². The van der Waals surface area contributed by atoms with Crippen molar-refractivity contribution < 1.29 is 9.53 Å². The second-order valence-electron chi connectivity index (χ2n) is 4.55. The Bertz CT molecular complexity index is 588. The maximum atomic E-state index is 11.2. The van der Waals surface area contributed by atoms with Crippen molar-refractivity contribution in [2.24, 2.45) is 5.73 Å². The third kappa shape index (κ3) is 2.06. The molecule has 1 fully saturated rings. The van der Waals surface area contributed by atoms with E-state index >= 15 is 0 Å². The van der Waals surface area contributed by atoms with Gasteiger partial charge in [0.1, 0.15) is 5.75 Å². The summed E-state index contributed by atoms with van der Waals surface area (Å²) in [6.45, 7) is 0. The van der Waals surface area contributed by atoms with Crippen molar-refractivity contribution in [3.8, 4) is 5.75 Å². The van der Waals surface area contributed by atoms with Crippen molar-refractivity contribution in [1.82, 2.24) is 4.98 Å². The molecule has 0 spiro atoms. The molecule has 3 rings (SSSR count). The number of primary amides is 1. The SMILES string of the molecule is NC(=O)c1cc2c(OC3CCCC3)cncc2s1. The van der Waals surface area contributed by atoms with Gasteiger partial charge in [0.2, 0.25) is 0 Å². The number of carbonyl (C=O) groups excluding carboxylic acids is 1. The predicted molar refractivity (Wildman–Crippen MR) is 71.0 cm³/mol. The zero-order valence-electron chi connectivity index (χ0n) is 9.89. The van der Waals surface area contributed by atoms with Crippen LogP contribution in [-0.4, -0.2) is 17.0 Å². The molecule has 1 aliphatic rings. The van der Waals surface area contributed by atoms with E-state index in [2.05, 4.69) is 4.98 Å². The smallest absolute Gasteiger partial charge is 0.258 e. The number of rotatable bonds is 3. The van der Waals surface area contributed by atoms with Gasteiger partial charge in [0.15, 0.2) is 0 Å².